The standard InChI is InChI=1S/C18H23ClN2/c1-3-16(4-2)21-10-9-15(20-21)12-14-11-13-7-5-6-8-17(13)18(14)19/h5-10,14,16,18H,3-4,11-12H2,1-2H3. The van der Waals surface area contributed by atoms with Crippen LogP contribution in [0.3, 0.4) is 0 Å². The maximum absolute atomic E-state index is 6.65. The zero-order valence-corrected chi connectivity index (χ0v) is 13.6. The highest BCUT2D eigenvalue weighted by Gasteiger charge is 2.31. The highest BCUT2D eigenvalue weighted by molar-refractivity contribution is 6.21. The minimum Gasteiger partial charge on any atom is -0.269 e. The molecule has 1 aromatic carbocycles. The summed E-state index contributed by atoms with van der Waals surface area (Å²) in [4.78, 5) is 0. The van der Waals surface area contributed by atoms with Crippen molar-refractivity contribution in [1.82, 2.24) is 9.78 Å². The maximum atomic E-state index is 6.65. The molecule has 0 fully saturated rings. The summed E-state index contributed by atoms with van der Waals surface area (Å²) in [6, 6.07) is 11.2. The van der Waals surface area contributed by atoms with Gasteiger partial charge in [-0.2, -0.15) is 5.10 Å². The zero-order valence-electron chi connectivity index (χ0n) is 12.8. The van der Waals surface area contributed by atoms with Gasteiger partial charge in [0.2, 0.25) is 0 Å². The molecule has 0 saturated carbocycles. The Bertz CT molecular complexity index is 601. The average molecular weight is 303 g/mol. The van der Waals surface area contributed by atoms with Crippen LogP contribution in [0.1, 0.15) is 54.9 Å². The van der Waals surface area contributed by atoms with Crippen molar-refractivity contribution in [2.75, 3.05) is 0 Å². The number of alkyl halides is 1. The fraction of sp³-hybridized carbons (Fsp3) is 0.500. The van der Waals surface area contributed by atoms with Gasteiger partial charge in [-0.25, -0.2) is 0 Å². The van der Waals surface area contributed by atoms with Crippen LogP contribution in [0.15, 0.2) is 36.5 Å². The molecule has 1 heterocycles. The number of fused-ring (bicyclic) bond motifs is 1. The number of aromatic nitrogens is 2. The number of benzene rings is 1. The first-order chi connectivity index (χ1) is 10.2. The predicted octanol–water partition coefficient (Wildman–Crippen LogP) is 4.94. The van der Waals surface area contributed by atoms with Gasteiger partial charge < -0.3 is 0 Å². The summed E-state index contributed by atoms with van der Waals surface area (Å²) in [5.74, 6) is 0.467. The minimum atomic E-state index is 0.125. The normalized spacial score (nSPS) is 21.0. The summed E-state index contributed by atoms with van der Waals surface area (Å²) < 4.78 is 2.13. The Kier molecular flexibility index (Phi) is 4.34. The minimum absolute atomic E-state index is 0.125. The van der Waals surface area contributed by atoms with E-state index in [9.17, 15) is 0 Å². The molecule has 0 saturated heterocycles. The van der Waals surface area contributed by atoms with Crippen LogP contribution in [0.2, 0.25) is 0 Å². The molecular weight excluding hydrogens is 280 g/mol. The molecule has 112 valence electrons. The lowest BCUT2D eigenvalue weighted by Gasteiger charge is -2.14. The average Bonchev–Trinajstić information content (AvgIpc) is 3.08. The van der Waals surface area contributed by atoms with Gasteiger partial charge in [-0.15, -0.1) is 11.6 Å². The summed E-state index contributed by atoms with van der Waals surface area (Å²) in [7, 11) is 0. The summed E-state index contributed by atoms with van der Waals surface area (Å²) in [6.07, 6.45) is 6.42. The van der Waals surface area contributed by atoms with Gasteiger partial charge in [-0.1, -0.05) is 38.1 Å². The Hall–Kier alpha value is -1.28. The largest absolute Gasteiger partial charge is 0.269 e. The number of halogens is 1. The molecule has 0 amide bonds. The lowest BCUT2D eigenvalue weighted by molar-refractivity contribution is 0.421. The molecule has 2 aromatic rings. The van der Waals surface area contributed by atoms with Gasteiger partial charge >= 0.3 is 0 Å². The SMILES string of the molecule is CCC(CC)n1ccc(CC2Cc3ccccc3C2Cl)n1. The Labute approximate surface area is 132 Å². The van der Waals surface area contributed by atoms with Gasteiger partial charge in [0.15, 0.2) is 0 Å². The second-order valence-electron chi connectivity index (χ2n) is 6.03. The van der Waals surface area contributed by atoms with Crippen LogP contribution in [-0.4, -0.2) is 9.78 Å². The van der Waals surface area contributed by atoms with Crippen molar-refractivity contribution in [3.63, 3.8) is 0 Å². The molecule has 2 unspecified atom stereocenters. The fourth-order valence-electron chi connectivity index (χ4n) is 3.43. The van der Waals surface area contributed by atoms with E-state index in [0.29, 0.717) is 12.0 Å². The van der Waals surface area contributed by atoms with E-state index < -0.39 is 0 Å². The molecule has 21 heavy (non-hydrogen) atoms. The molecule has 1 aliphatic rings. The summed E-state index contributed by atoms with van der Waals surface area (Å²) in [6.45, 7) is 4.44. The Morgan fingerprint density at radius 1 is 1.24 bits per heavy atom. The van der Waals surface area contributed by atoms with E-state index in [4.69, 9.17) is 16.7 Å². The zero-order chi connectivity index (χ0) is 14.8. The number of nitrogens with zero attached hydrogens (tertiary/aromatic N) is 2. The molecule has 0 N–H and O–H groups in total. The molecular formula is C18H23ClN2. The van der Waals surface area contributed by atoms with Gasteiger partial charge in [-0.05, 0) is 48.8 Å². The molecule has 3 rings (SSSR count). The first-order valence-corrected chi connectivity index (χ1v) is 8.42. The van der Waals surface area contributed by atoms with Gasteiger partial charge in [0.1, 0.15) is 0 Å². The molecule has 0 radical (unpaired) electrons. The van der Waals surface area contributed by atoms with Crippen LogP contribution < -0.4 is 0 Å². The fourth-order valence-corrected chi connectivity index (χ4v) is 3.82. The van der Waals surface area contributed by atoms with Crippen molar-refractivity contribution in [2.45, 2.75) is 50.9 Å². The molecule has 0 spiro atoms. The van der Waals surface area contributed by atoms with Crippen molar-refractivity contribution >= 4 is 11.6 Å². The second-order valence-corrected chi connectivity index (χ2v) is 6.50. The van der Waals surface area contributed by atoms with E-state index >= 15 is 0 Å². The van der Waals surface area contributed by atoms with Gasteiger partial charge in [0.25, 0.3) is 0 Å². The summed E-state index contributed by atoms with van der Waals surface area (Å²) >= 11 is 6.65. The number of hydrogen-bond donors (Lipinski definition) is 0. The quantitative estimate of drug-likeness (QED) is 0.715. The van der Waals surface area contributed by atoms with E-state index in [-0.39, 0.29) is 5.38 Å². The lowest BCUT2D eigenvalue weighted by Crippen LogP contribution is -2.10. The van der Waals surface area contributed by atoms with Gasteiger partial charge in [0.05, 0.1) is 17.1 Å². The Balaban J connectivity index is 1.71. The van der Waals surface area contributed by atoms with Crippen LogP contribution in [0, 0.1) is 5.92 Å². The third-order valence-electron chi connectivity index (χ3n) is 4.70. The van der Waals surface area contributed by atoms with Crippen LogP contribution in [0.4, 0.5) is 0 Å². The molecule has 0 bridgehead atoms. The second kappa shape index (κ2) is 6.23. The van der Waals surface area contributed by atoms with Crippen molar-refractivity contribution in [3.05, 3.63) is 53.3 Å². The Morgan fingerprint density at radius 2 is 2.00 bits per heavy atom. The number of hydrogen-bond acceptors (Lipinski definition) is 1. The smallest absolute Gasteiger partial charge is 0.0628 e. The molecule has 3 heteroatoms. The predicted molar refractivity (Wildman–Crippen MR) is 87.8 cm³/mol. The van der Waals surface area contributed by atoms with Crippen LogP contribution >= 0.6 is 11.6 Å². The van der Waals surface area contributed by atoms with E-state index in [1.807, 2.05) is 0 Å². The molecule has 1 aliphatic carbocycles. The summed E-state index contributed by atoms with van der Waals surface area (Å²) in [5.41, 5.74) is 3.89. The first-order valence-electron chi connectivity index (χ1n) is 7.98. The van der Waals surface area contributed by atoms with Crippen LogP contribution in [0.5, 0.6) is 0 Å². The van der Waals surface area contributed by atoms with Gasteiger partial charge in [0, 0.05) is 6.20 Å². The molecule has 0 aliphatic heterocycles. The third-order valence-corrected chi connectivity index (χ3v) is 5.29. The highest BCUT2D eigenvalue weighted by atomic mass is 35.5. The van der Waals surface area contributed by atoms with Crippen molar-refractivity contribution in [1.29, 1.82) is 0 Å². The monoisotopic (exact) mass is 302 g/mol. The van der Waals surface area contributed by atoms with Crippen LogP contribution in [-0.2, 0) is 12.8 Å². The molecule has 2 atom stereocenters. The van der Waals surface area contributed by atoms with Crippen molar-refractivity contribution < 1.29 is 0 Å². The first kappa shape index (κ1) is 14.6. The van der Waals surface area contributed by atoms with Crippen molar-refractivity contribution in [3.8, 4) is 0 Å². The van der Waals surface area contributed by atoms with Gasteiger partial charge in [-0.3, -0.25) is 4.68 Å². The van der Waals surface area contributed by atoms with E-state index in [0.717, 1.165) is 25.7 Å². The van der Waals surface area contributed by atoms with Crippen LogP contribution in [0.25, 0.3) is 0 Å². The molecule has 2 nitrogen and oxygen atoms in total. The van der Waals surface area contributed by atoms with E-state index in [1.165, 1.54) is 16.8 Å². The number of rotatable bonds is 5. The lowest BCUT2D eigenvalue weighted by atomic mass is 10.00. The van der Waals surface area contributed by atoms with E-state index in [1.54, 1.807) is 0 Å². The Morgan fingerprint density at radius 3 is 2.71 bits per heavy atom. The molecule has 1 aromatic heterocycles. The van der Waals surface area contributed by atoms with Crippen molar-refractivity contribution in [2.24, 2.45) is 5.92 Å². The highest BCUT2D eigenvalue weighted by Crippen LogP contribution is 2.42. The third kappa shape index (κ3) is 2.87. The summed E-state index contributed by atoms with van der Waals surface area (Å²) in [5, 5.41) is 4.90. The topological polar surface area (TPSA) is 17.8 Å². The maximum Gasteiger partial charge on any atom is 0.0628 e. The van der Waals surface area contributed by atoms with E-state index in [2.05, 4.69) is 55.1 Å².